The van der Waals surface area contributed by atoms with Gasteiger partial charge in [0.15, 0.2) is 9.84 Å². The second-order valence-corrected chi connectivity index (χ2v) is 5.56. The minimum atomic E-state index is -3.01. The fourth-order valence-electron chi connectivity index (χ4n) is 1.32. The Morgan fingerprint density at radius 2 is 2.38 bits per heavy atom. The Bertz CT molecular complexity index is 289. The Hall–Kier alpha value is -0.550. The first kappa shape index (κ1) is 10.5. The lowest BCUT2D eigenvalue weighted by atomic mass is 10.2. The van der Waals surface area contributed by atoms with Crippen molar-refractivity contribution >= 4 is 9.84 Å². The molecule has 0 amide bonds. The van der Waals surface area contributed by atoms with E-state index in [0.29, 0.717) is 0 Å². The largest absolute Gasteiger partial charge is 0.511 e. The smallest absolute Gasteiger partial charge is 0.151 e. The first-order chi connectivity index (χ1) is 5.99. The van der Waals surface area contributed by atoms with Gasteiger partial charge in [-0.15, -0.1) is 0 Å². The number of aliphatic hydroxyl groups excluding tert-OH is 1. The third-order valence-corrected chi connectivity index (χ3v) is 2.78. The number of nitrogens with one attached hydrogen (secondary N) is 1. The fraction of sp³-hybridized carbons (Fsp3) is 0.750. The number of hydrogen-bond donors (Lipinski definition) is 2. The highest BCUT2D eigenvalue weighted by atomic mass is 32.2. The van der Waals surface area contributed by atoms with Gasteiger partial charge in [-0.1, -0.05) is 0 Å². The van der Waals surface area contributed by atoms with Gasteiger partial charge in [0.1, 0.15) is 5.76 Å². The van der Waals surface area contributed by atoms with Crippen LogP contribution in [0, 0.1) is 0 Å². The monoisotopic (exact) mass is 205 g/mol. The zero-order chi connectivity index (χ0) is 9.90. The Labute approximate surface area is 78.6 Å². The van der Waals surface area contributed by atoms with Crippen LogP contribution in [0.5, 0.6) is 0 Å². The van der Waals surface area contributed by atoms with Crippen LogP contribution in [0.25, 0.3) is 0 Å². The summed E-state index contributed by atoms with van der Waals surface area (Å²) in [7, 11) is -3.01. The minimum absolute atomic E-state index is 0.0400. The van der Waals surface area contributed by atoms with Gasteiger partial charge in [0.05, 0.1) is 11.8 Å². The van der Waals surface area contributed by atoms with Crippen LogP contribution in [0.1, 0.15) is 12.8 Å². The van der Waals surface area contributed by atoms with Crippen LogP contribution in [0.15, 0.2) is 11.8 Å². The Balaban J connectivity index is 2.50. The molecule has 1 heterocycles. The van der Waals surface area contributed by atoms with Crippen LogP contribution in [-0.4, -0.2) is 38.1 Å². The van der Waals surface area contributed by atoms with Crippen LogP contribution >= 0.6 is 0 Å². The van der Waals surface area contributed by atoms with Crippen molar-refractivity contribution in [2.24, 2.45) is 0 Å². The summed E-state index contributed by atoms with van der Waals surface area (Å²) in [5.74, 6) is 0.0692. The fourth-order valence-corrected chi connectivity index (χ4v) is 1.79. The van der Waals surface area contributed by atoms with Gasteiger partial charge in [0.2, 0.25) is 0 Å². The Morgan fingerprint density at radius 1 is 1.69 bits per heavy atom. The normalized spacial score (nSPS) is 25.0. The van der Waals surface area contributed by atoms with Crippen LogP contribution < -0.4 is 5.32 Å². The molecule has 0 aliphatic carbocycles. The van der Waals surface area contributed by atoms with Crippen molar-refractivity contribution in [1.29, 1.82) is 0 Å². The van der Waals surface area contributed by atoms with Gasteiger partial charge in [0.25, 0.3) is 0 Å². The third kappa shape index (κ3) is 3.78. The molecule has 0 saturated carbocycles. The minimum Gasteiger partial charge on any atom is -0.511 e. The second kappa shape index (κ2) is 4.11. The summed E-state index contributed by atoms with van der Waals surface area (Å²) >= 11 is 0. The van der Waals surface area contributed by atoms with E-state index in [1.54, 1.807) is 0 Å². The predicted octanol–water partition coefficient (Wildman–Crippen LogP) is 0.225. The SMILES string of the molecule is CS(=O)(=O)CC=C(O)[C@@H]1CCCN1. The quantitative estimate of drug-likeness (QED) is 0.647. The maximum absolute atomic E-state index is 10.8. The number of rotatable bonds is 3. The van der Waals surface area contributed by atoms with Crippen molar-refractivity contribution in [2.75, 3.05) is 18.6 Å². The van der Waals surface area contributed by atoms with Crippen LogP contribution in [0.2, 0.25) is 0 Å². The predicted molar refractivity (Wildman–Crippen MR) is 51.4 cm³/mol. The molecular weight excluding hydrogens is 190 g/mol. The summed E-state index contributed by atoms with van der Waals surface area (Å²) in [6.45, 7) is 0.890. The maximum Gasteiger partial charge on any atom is 0.151 e. The molecule has 0 unspecified atom stereocenters. The Morgan fingerprint density at radius 3 is 2.85 bits per heavy atom. The van der Waals surface area contributed by atoms with E-state index in [0.717, 1.165) is 25.6 Å². The molecule has 5 heteroatoms. The molecule has 0 aromatic carbocycles. The molecule has 1 fully saturated rings. The van der Waals surface area contributed by atoms with Crippen molar-refractivity contribution in [1.82, 2.24) is 5.32 Å². The molecule has 4 nitrogen and oxygen atoms in total. The topological polar surface area (TPSA) is 66.4 Å². The lowest BCUT2D eigenvalue weighted by Gasteiger charge is -2.08. The molecule has 1 aliphatic rings. The third-order valence-electron chi connectivity index (χ3n) is 2.01. The van der Waals surface area contributed by atoms with E-state index in [2.05, 4.69) is 5.32 Å². The lowest BCUT2D eigenvalue weighted by molar-refractivity contribution is 0.353. The van der Waals surface area contributed by atoms with Gasteiger partial charge in [0, 0.05) is 6.26 Å². The van der Waals surface area contributed by atoms with E-state index in [1.165, 1.54) is 6.08 Å². The molecule has 2 N–H and O–H groups in total. The van der Waals surface area contributed by atoms with Gasteiger partial charge in [-0.2, -0.15) is 0 Å². The van der Waals surface area contributed by atoms with Gasteiger partial charge in [-0.3, -0.25) is 0 Å². The highest BCUT2D eigenvalue weighted by Crippen LogP contribution is 2.11. The van der Waals surface area contributed by atoms with Crippen molar-refractivity contribution in [2.45, 2.75) is 18.9 Å². The highest BCUT2D eigenvalue weighted by molar-refractivity contribution is 7.90. The lowest BCUT2D eigenvalue weighted by Crippen LogP contribution is -2.24. The number of aliphatic hydroxyl groups is 1. The molecule has 0 radical (unpaired) electrons. The average Bonchev–Trinajstić information content (AvgIpc) is 2.50. The number of hydrogen-bond acceptors (Lipinski definition) is 4. The maximum atomic E-state index is 10.8. The molecule has 1 saturated heterocycles. The zero-order valence-corrected chi connectivity index (χ0v) is 8.47. The van der Waals surface area contributed by atoms with Crippen LogP contribution in [-0.2, 0) is 9.84 Å². The average molecular weight is 205 g/mol. The molecule has 0 bridgehead atoms. The van der Waals surface area contributed by atoms with E-state index in [9.17, 15) is 13.5 Å². The van der Waals surface area contributed by atoms with Crippen LogP contribution in [0.4, 0.5) is 0 Å². The van der Waals surface area contributed by atoms with E-state index < -0.39 is 9.84 Å². The number of sulfone groups is 1. The summed E-state index contributed by atoms with van der Waals surface area (Å²) in [6, 6.07) is -0.0400. The van der Waals surface area contributed by atoms with Gasteiger partial charge in [-0.25, -0.2) is 8.42 Å². The molecule has 0 spiro atoms. The first-order valence-electron chi connectivity index (χ1n) is 4.29. The van der Waals surface area contributed by atoms with Gasteiger partial charge < -0.3 is 10.4 Å². The van der Waals surface area contributed by atoms with Gasteiger partial charge in [-0.05, 0) is 25.5 Å². The highest BCUT2D eigenvalue weighted by Gasteiger charge is 2.17. The van der Waals surface area contributed by atoms with Crippen molar-refractivity contribution in [3.05, 3.63) is 11.8 Å². The summed E-state index contributed by atoms with van der Waals surface area (Å²) in [4.78, 5) is 0. The molecule has 0 aromatic rings. The van der Waals surface area contributed by atoms with Crippen molar-refractivity contribution in [3.63, 3.8) is 0 Å². The molecule has 76 valence electrons. The van der Waals surface area contributed by atoms with E-state index in [1.807, 2.05) is 0 Å². The van der Waals surface area contributed by atoms with E-state index in [-0.39, 0.29) is 17.6 Å². The molecule has 1 rings (SSSR count). The second-order valence-electron chi connectivity index (χ2n) is 3.37. The molecule has 13 heavy (non-hydrogen) atoms. The van der Waals surface area contributed by atoms with Crippen molar-refractivity contribution < 1.29 is 13.5 Å². The first-order valence-corrected chi connectivity index (χ1v) is 6.35. The molecule has 1 atom stereocenters. The molecular formula is C8H15NO3S. The standard InChI is InChI=1S/C8H15NO3S/c1-13(11,12)6-4-8(10)7-3-2-5-9-7/h4,7,9-10H,2-3,5-6H2,1H3/t7-/m0/s1. The van der Waals surface area contributed by atoms with E-state index >= 15 is 0 Å². The van der Waals surface area contributed by atoms with Crippen molar-refractivity contribution in [3.8, 4) is 0 Å². The summed E-state index contributed by atoms with van der Waals surface area (Å²) in [5.41, 5.74) is 0. The molecule has 0 aromatic heterocycles. The molecule has 1 aliphatic heterocycles. The zero-order valence-electron chi connectivity index (χ0n) is 7.66. The summed E-state index contributed by atoms with van der Waals surface area (Å²) < 4.78 is 21.5. The Kier molecular flexibility index (Phi) is 3.33. The van der Waals surface area contributed by atoms with Gasteiger partial charge >= 0.3 is 0 Å². The summed E-state index contributed by atoms with van der Waals surface area (Å²) in [6.07, 6.45) is 4.44. The summed E-state index contributed by atoms with van der Waals surface area (Å²) in [5, 5.41) is 12.5. The van der Waals surface area contributed by atoms with Crippen LogP contribution in [0.3, 0.4) is 0 Å². The van der Waals surface area contributed by atoms with E-state index in [4.69, 9.17) is 0 Å².